The van der Waals surface area contributed by atoms with Crippen LogP contribution in [0.1, 0.15) is 6.92 Å². The molecule has 3 atom stereocenters. The van der Waals surface area contributed by atoms with Crippen LogP contribution in [0, 0.1) is 5.92 Å². The Labute approximate surface area is 81.0 Å². The number of ether oxygens (including phenoxy) is 1. The van der Waals surface area contributed by atoms with Crippen LogP contribution in [0.15, 0.2) is 12.7 Å². The van der Waals surface area contributed by atoms with Gasteiger partial charge in [0.15, 0.2) is 0 Å². The minimum atomic E-state index is -1.24. The molecular formula is C10H18O2Si. The van der Waals surface area contributed by atoms with E-state index in [1.54, 1.807) is 6.08 Å². The summed E-state index contributed by atoms with van der Waals surface area (Å²) in [5.41, 5.74) is 0.469. The highest BCUT2D eigenvalue weighted by molar-refractivity contribution is 6.77. The molecule has 1 heterocycles. The molecule has 0 radical (unpaired) electrons. The van der Waals surface area contributed by atoms with E-state index < -0.39 is 8.07 Å². The predicted octanol–water partition coefficient (Wildman–Crippen LogP) is 2.44. The summed E-state index contributed by atoms with van der Waals surface area (Å²) in [6, 6.07) is 0. The first-order valence-electron chi connectivity index (χ1n) is 4.71. The molecule has 0 aromatic rings. The van der Waals surface area contributed by atoms with Gasteiger partial charge in [-0.1, -0.05) is 39.2 Å². The van der Waals surface area contributed by atoms with E-state index in [2.05, 4.69) is 33.1 Å². The zero-order chi connectivity index (χ0) is 10.2. The molecule has 13 heavy (non-hydrogen) atoms. The molecular weight excluding hydrogens is 180 g/mol. The van der Waals surface area contributed by atoms with E-state index in [0.29, 0.717) is 5.54 Å². The van der Waals surface area contributed by atoms with Gasteiger partial charge >= 0.3 is 5.97 Å². The minimum absolute atomic E-state index is 0.0331. The molecule has 0 unspecified atom stereocenters. The highest BCUT2D eigenvalue weighted by atomic mass is 28.3. The summed E-state index contributed by atoms with van der Waals surface area (Å²) in [6.07, 6.45) is 1.71. The number of cyclic esters (lactones) is 1. The summed E-state index contributed by atoms with van der Waals surface area (Å²) < 4.78 is 4.98. The van der Waals surface area contributed by atoms with Crippen molar-refractivity contribution in [1.29, 1.82) is 0 Å². The van der Waals surface area contributed by atoms with Gasteiger partial charge in [-0.3, -0.25) is 4.79 Å². The third-order valence-corrected chi connectivity index (χ3v) is 6.11. The molecule has 0 aromatic carbocycles. The molecule has 1 saturated heterocycles. The maximum absolute atomic E-state index is 11.2. The Morgan fingerprint density at radius 1 is 1.54 bits per heavy atom. The van der Waals surface area contributed by atoms with Crippen LogP contribution in [0.4, 0.5) is 0 Å². The van der Waals surface area contributed by atoms with Crippen molar-refractivity contribution < 1.29 is 9.53 Å². The van der Waals surface area contributed by atoms with Gasteiger partial charge in [-0.25, -0.2) is 0 Å². The van der Waals surface area contributed by atoms with Gasteiger partial charge in [0.05, 0.1) is 5.92 Å². The Morgan fingerprint density at radius 2 is 2.08 bits per heavy atom. The molecule has 0 aromatic heterocycles. The summed E-state index contributed by atoms with van der Waals surface area (Å²) in [5, 5.41) is 0. The Morgan fingerprint density at radius 3 is 2.38 bits per heavy atom. The van der Waals surface area contributed by atoms with E-state index in [0.717, 1.165) is 0 Å². The Kier molecular flexibility index (Phi) is 2.66. The van der Waals surface area contributed by atoms with Gasteiger partial charge < -0.3 is 4.74 Å². The van der Waals surface area contributed by atoms with Crippen molar-refractivity contribution in [3.63, 3.8) is 0 Å². The first-order chi connectivity index (χ1) is 5.88. The van der Waals surface area contributed by atoms with Crippen LogP contribution in [0.3, 0.4) is 0 Å². The van der Waals surface area contributed by atoms with Gasteiger partial charge in [0.25, 0.3) is 0 Å². The highest BCUT2D eigenvalue weighted by Gasteiger charge is 2.47. The quantitative estimate of drug-likeness (QED) is 0.395. The van der Waals surface area contributed by atoms with Gasteiger partial charge in [-0.05, 0) is 5.54 Å². The summed E-state index contributed by atoms with van der Waals surface area (Å²) in [7, 11) is -1.24. The number of carbonyl (C=O) groups excluding carboxylic acids is 1. The van der Waals surface area contributed by atoms with Gasteiger partial charge in [0, 0.05) is 8.07 Å². The normalized spacial score (nSPS) is 30.3. The predicted molar refractivity (Wildman–Crippen MR) is 56.3 cm³/mol. The van der Waals surface area contributed by atoms with Crippen LogP contribution < -0.4 is 0 Å². The van der Waals surface area contributed by atoms with E-state index in [9.17, 15) is 4.79 Å². The molecule has 0 aliphatic carbocycles. The van der Waals surface area contributed by atoms with Crippen molar-refractivity contribution in [2.45, 2.75) is 38.2 Å². The van der Waals surface area contributed by atoms with Crippen molar-refractivity contribution in [3.8, 4) is 0 Å². The number of hydrogen-bond acceptors (Lipinski definition) is 2. The van der Waals surface area contributed by atoms with Crippen molar-refractivity contribution in [1.82, 2.24) is 0 Å². The van der Waals surface area contributed by atoms with Crippen molar-refractivity contribution in [2.24, 2.45) is 5.92 Å². The number of esters is 1. The first kappa shape index (κ1) is 10.5. The molecule has 0 spiro atoms. The lowest BCUT2D eigenvalue weighted by Crippen LogP contribution is -2.50. The van der Waals surface area contributed by atoms with E-state index >= 15 is 0 Å². The molecule has 3 heteroatoms. The lowest BCUT2D eigenvalue weighted by Gasteiger charge is -2.41. The molecule has 1 fully saturated rings. The zero-order valence-electron chi connectivity index (χ0n) is 8.83. The van der Waals surface area contributed by atoms with Gasteiger partial charge in [-0.15, -0.1) is 0 Å². The topological polar surface area (TPSA) is 26.3 Å². The van der Waals surface area contributed by atoms with Crippen LogP contribution in [0.25, 0.3) is 0 Å². The fourth-order valence-electron chi connectivity index (χ4n) is 1.57. The average molecular weight is 198 g/mol. The Hall–Kier alpha value is -0.573. The number of carbonyl (C=O) groups is 1. The van der Waals surface area contributed by atoms with Crippen LogP contribution in [0.2, 0.25) is 25.2 Å². The monoisotopic (exact) mass is 198 g/mol. The molecule has 2 nitrogen and oxygen atoms in total. The SMILES string of the molecule is C=C[C@H]1OC(=O)[C@H]1[C@@H](C)[Si](C)(C)C. The lowest BCUT2D eigenvalue weighted by molar-refractivity contribution is -0.178. The molecule has 0 amide bonds. The second kappa shape index (κ2) is 3.29. The van der Waals surface area contributed by atoms with Gasteiger partial charge in [0.1, 0.15) is 6.10 Å². The first-order valence-corrected chi connectivity index (χ1v) is 8.28. The number of hydrogen-bond donors (Lipinski definition) is 0. The molecule has 0 N–H and O–H groups in total. The molecule has 0 saturated carbocycles. The third kappa shape index (κ3) is 1.85. The van der Waals surface area contributed by atoms with Crippen LogP contribution >= 0.6 is 0 Å². The van der Waals surface area contributed by atoms with Crippen LogP contribution in [-0.4, -0.2) is 20.1 Å². The summed E-state index contributed by atoms with van der Waals surface area (Å²) in [4.78, 5) is 11.2. The standard InChI is InChI=1S/C10H18O2Si/c1-6-8-9(10(11)12-8)7(2)13(3,4)5/h6-9H,1H2,2-5H3/t7-,8-,9+/m1/s1. The van der Waals surface area contributed by atoms with Gasteiger partial charge in [-0.2, -0.15) is 0 Å². The Bertz CT molecular complexity index is 230. The maximum atomic E-state index is 11.2. The second-order valence-corrected chi connectivity index (χ2v) is 10.5. The zero-order valence-corrected chi connectivity index (χ0v) is 9.83. The van der Waals surface area contributed by atoms with Crippen LogP contribution in [-0.2, 0) is 9.53 Å². The fraction of sp³-hybridized carbons (Fsp3) is 0.700. The molecule has 1 rings (SSSR count). The second-order valence-electron chi connectivity index (χ2n) is 4.82. The van der Waals surface area contributed by atoms with E-state index in [-0.39, 0.29) is 18.0 Å². The van der Waals surface area contributed by atoms with Crippen LogP contribution in [0.5, 0.6) is 0 Å². The van der Waals surface area contributed by atoms with Gasteiger partial charge in [0.2, 0.25) is 0 Å². The van der Waals surface area contributed by atoms with E-state index in [4.69, 9.17) is 4.74 Å². The van der Waals surface area contributed by atoms with E-state index in [1.807, 2.05) is 0 Å². The average Bonchev–Trinajstić information content (AvgIpc) is 1.97. The summed E-state index contributed by atoms with van der Waals surface area (Å²) >= 11 is 0. The third-order valence-electron chi connectivity index (χ3n) is 3.02. The molecule has 74 valence electrons. The fourth-order valence-corrected chi connectivity index (χ4v) is 2.97. The summed E-state index contributed by atoms with van der Waals surface area (Å²) in [5.74, 6) is 0.0315. The van der Waals surface area contributed by atoms with Crippen molar-refractivity contribution >= 4 is 14.0 Å². The number of rotatable bonds is 3. The van der Waals surface area contributed by atoms with Crippen molar-refractivity contribution in [2.75, 3.05) is 0 Å². The Balaban J connectivity index is 2.70. The lowest BCUT2D eigenvalue weighted by atomic mass is 9.94. The largest absolute Gasteiger partial charge is 0.457 e. The minimum Gasteiger partial charge on any atom is -0.457 e. The van der Waals surface area contributed by atoms with E-state index in [1.165, 1.54) is 0 Å². The maximum Gasteiger partial charge on any atom is 0.313 e. The smallest absolute Gasteiger partial charge is 0.313 e. The molecule has 1 aliphatic rings. The van der Waals surface area contributed by atoms with Crippen molar-refractivity contribution in [3.05, 3.63) is 12.7 Å². The highest BCUT2D eigenvalue weighted by Crippen LogP contribution is 2.39. The molecule has 0 bridgehead atoms. The molecule has 1 aliphatic heterocycles. The summed E-state index contributed by atoms with van der Waals surface area (Å²) in [6.45, 7) is 12.7.